The highest BCUT2D eigenvalue weighted by Gasteiger charge is 2.54. The summed E-state index contributed by atoms with van der Waals surface area (Å²) in [7, 11) is 0. The van der Waals surface area contributed by atoms with Crippen LogP contribution in [0.3, 0.4) is 0 Å². The van der Waals surface area contributed by atoms with Crippen molar-refractivity contribution in [2.45, 2.75) is 83.8 Å². The molecule has 0 saturated carbocycles. The Kier molecular flexibility index (Phi) is 9.51. The number of hydrogen-bond acceptors (Lipinski definition) is 7. The van der Waals surface area contributed by atoms with Crippen LogP contribution < -0.4 is 9.80 Å². The average molecular weight is 575 g/mol. The number of carbonyl (C=O) groups is 2. The molecule has 1 unspecified atom stereocenters. The molecule has 1 atom stereocenters. The first kappa shape index (κ1) is 31.4. The molecule has 1 N–H and O–H groups in total. The molecule has 0 aromatic heterocycles. The van der Waals surface area contributed by atoms with E-state index in [0.717, 1.165) is 22.6 Å². The molecule has 4 rings (SSSR count). The summed E-state index contributed by atoms with van der Waals surface area (Å²) in [4.78, 5) is 28.4. The molecule has 42 heavy (non-hydrogen) atoms. The van der Waals surface area contributed by atoms with Gasteiger partial charge in [-0.3, -0.25) is 9.59 Å². The Morgan fingerprint density at radius 3 is 1.98 bits per heavy atom. The normalized spacial score (nSPS) is 21.1. The first-order valence-corrected chi connectivity index (χ1v) is 15.2. The number of ether oxygens (including phenoxy) is 2. The molecule has 0 saturated heterocycles. The topological polar surface area (TPSA) is 79.3 Å². The molecule has 0 aliphatic carbocycles. The van der Waals surface area contributed by atoms with Crippen LogP contribution in [0.15, 0.2) is 72.5 Å². The van der Waals surface area contributed by atoms with Crippen LogP contribution in [0.25, 0.3) is 0 Å². The van der Waals surface area contributed by atoms with Gasteiger partial charge < -0.3 is 24.4 Å². The Labute approximate surface area is 250 Å². The Balaban J connectivity index is 1.64. The number of esters is 2. The third-order valence-electron chi connectivity index (χ3n) is 8.72. The largest absolute Gasteiger partial charge is 0.466 e. The number of nitrogens with zero attached hydrogens (tertiary/aromatic N) is 2. The van der Waals surface area contributed by atoms with Gasteiger partial charge in [0.15, 0.2) is 5.72 Å². The minimum absolute atomic E-state index is 0.178. The third kappa shape index (κ3) is 5.84. The molecular weight excluding hydrogens is 528 g/mol. The molecule has 0 bridgehead atoms. The number of carbonyl (C=O) groups excluding carboxylic acids is 2. The highest BCUT2D eigenvalue weighted by atomic mass is 16.5. The lowest BCUT2D eigenvalue weighted by Gasteiger charge is -2.41. The van der Waals surface area contributed by atoms with Crippen LogP contribution in [-0.4, -0.2) is 49.1 Å². The van der Waals surface area contributed by atoms with Gasteiger partial charge in [0.05, 0.1) is 13.2 Å². The lowest BCUT2D eigenvalue weighted by molar-refractivity contribution is -0.144. The van der Waals surface area contributed by atoms with Crippen molar-refractivity contribution < 1.29 is 24.2 Å². The Morgan fingerprint density at radius 2 is 1.36 bits per heavy atom. The molecule has 0 amide bonds. The van der Waals surface area contributed by atoms with Gasteiger partial charge in [-0.15, -0.1) is 0 Å². The lowest BCUT2D eigenvalue weighted by Crippen LogP contribution is -2.54. The van der Waals surface area contributed by atoms with Crippen molar-refractivity contribution in [3.8, 4) is 0 Å². The molecule has 7 nitrogen and oxygen atoms in total. The SMILES string of the molecule is CCOC(=O)CCCN1/C(=C/C=C/C2(O)N(CCCC(=O)OCC)c3ccccc3C2(C)C)C(C)(C)c2ccccc21. The zero-order chi connectivity index (χ0) is 30.5. The van der Waals surface area contributed by atoms with Gasteiger partial charge in [0.2, 0.25) is 0 Å². The Hall–Kier alpha value is -3.58. The summed E-state index contributed by atoms with van der Waals surface area (Å²) < 4.78 is 10.3. The third-order valence-corrected chi connectivity index (χ3v) is 8.72. The molecule has 0 radical (unpaired) electrons. The van der Waals surface area contributed by atoms with Crippen LogP contribution >= 0.6 is 0 Å². The fourth-order valence-electron chi connectivity index (χ4n) is 6.43. The number of aliphatic hydroxyl groups is 1. The smallest absolute Gasteiger partial charge is 0.305 e. The first-order valence-electron chi connectivity index (χ1n) is 15.2. The maximum Gasteiger partial charge on any atom is 0.305 e. The Morgan fingerprint density at radius 1 is 0.810 bits per heavy atom. The second kappa shape index (κ2) is 12.7. The summed E-state index contributed by atoms with van der Waals surface area (Å²) in [5, 5.41) is 12.4. The van der Waals surface area contributed by atoms with E-state index in [2.05, 4.69) is 62.9 Å². The summed E-state index contributed by atoms with van der Waals surface area (Å²) in [6.07, 6.45) is 7.85. The summed E-state index contributed by atoms with van der Waals surface area (Å²) >= 11 is 0. The summed E-state index contributed by atoms with van der Waals surface area (Å²) in [6, 6.07) is 16.5. The molecule has 0 spiro atoms. The van der Waals surface area contributed by atoms with Gasteiger partial charge in [-0.1, -0.05) is 70.2 Å². The van der Waals surface area contributed by atoms with E-state index in [9.17, 15) is 14.7 Å². The van der Waals surface area contributed by atoms with Gasteiger partial charge in [-0.25, -0.2) is 0 Å². The monoisotopic (exact) mass is 574 g/mol. The molecule has 0 fully saturated rings. The lowest BCUT2D eigenvalue weighted by atomic mass is 9.77. The van der Waals surface area contributed by atoms with Crippen molar-refractivity contribution in [1.29, 1.82) is 0 Å². The van der Waals surface area contributed by atoms with Crippen molar-refractivity contribution in [2.75, 3.05) is 36.1 Å². The van der Waals surface area contributed by atoms with Crippen LogP contribution in [0.1, 0.15) is 78.4 Å². The molecule has 226 valence electrons. The van der Waals surface area contributed by atoms with Gasteiger partial charge >= 0.3 is 11.9 Å². The number of anilines is 2. The van der Waals surface area contributed by atoms with Gasteiger partial charge in [0, 0.05) is 53.8 Å². The molecule has 2 aliphatic rings. The van der Waals surface area contributed by atoms with Crippen molar-refractivity contribution in [3.63, 3.8) is 0 Å². The minimum Gasteiger partial charge on any atom is -0.466 e. The molecule has 2 aromatic carbocycles. The number of benzene rings is 2. The summed E-state index contributed by atoms with van der Waals surface area (Å²) in [6.45, 7) is 14.1. The van der Waals surface area contributed by atoms with Crippen LogP contribution in [-0.2, 0) is 29.9 Å². The van der Waals surface area contributed by atoms with Crippen molar-refractivity contribution in [3.05, 3.63) is 83.6 Å². The summed E-state index contributed by atoms with van der Waals surface area (Å²) in [5.74, 6) is -0.401. The van der Waals surface area contributed by atoms with Gasteiger partial charge in [0.25, 0.3) is 0 Å². The van der Waals surface area contributed by atoms with Crippen LogP contribution in [0.2, 0.25) is 0 Å². The van der Waals surface area contributed by atoms with E-state index < -0.39 is 11.1 Å². The maximum atomic E-state index is 12.4. The number of allylic oxidation sites excluding steroid dienone is 3. The number of fused-ring (bicyclic) bond motifs is 2. The van der Waals surface area contributed by atoms with E-state index in [1.807, 2.05) is 48.2 Å². The van der Waals surface area contributed by atoms with E-state index >= 15 is 0 Å². The summed E-state index contributed by atoms with van der Waals surface area (Å²) in [5.41, 5.74) is 3.33. The minimum atomic E-state index is -1.31. The standard InChI is InChI=1S/C35H46N2O5/c1-7-41-31(38)21-14-24-36-28-18-11-9-16-26(28)33(3,4)30(36)20-13-23-35(40)34(5,6)27-17-10-12-19-29(27)37(35)25-15-22-32(39)42-8-2/h9-13,16-20,23,40H,7-8,14-15,21-22,24-25H2,1-6H3/b23-13+,30-20+. The average Bonchev–Trinajstić information content (AvgIpc) is 3.26. The molecular formula is C35H46N2O5. The van der Waals surface area contributed by atoms with Crippen LogP contribution in [0.4, 0.5) is 11.4 Å². The van der Waals surface area contributed by atoms with Gasteiger partial charge in [-0.2, -0.15) is 0 Å². The highest BCUT2D eigenvalue weighted by Crippen LogP contribution is 2.52. The molecule has 2 aromatic rings. The number of rotatable bonds is 12. The first-order chi connectivity index (χ1) is 20.0. The van der Waals surface area contributed by atoms with Crippen molar-refractivity contribution in [2.24, 2.45) is 0 Å². The quantitative estimate of drug-likeness (QED) is 0.294. The fourth-order valence-corrected chi connectivity index (χ4v) is 6.43. The second-order valence-corrected chi connectivity index (χ2v) is 12.0. The van der Waals surface area contributed by atoms with E-state index in [1.165, 1.54) is 5.56 Å². The highest BCUT2D eigenvalue weighted by molar-refractivity contribution is 5.73. The van der Waals surface area contributed by atoms with E-state index in [4.69, 9.17) is 9.47 Å². The van der Waals surface area contributed by atoms with Gasteiger partial charge in [-0.05, 0) is 62.1 Å². The van der Waals surface area contributed by atoms with E-state index in [1.54, 1.807) is 6.92 Å². The number of para-hydroxylation sites is 2. The van der Waals surface area contributed by atoms with Crippen molar-refractivity contribution >= 4 is 23.3 Å². The van der Waals surface area contributed by atoms with E-state index in [0.29, 0.717) is 52.0 Å². The zero-order valence-electron chi connectivity index (χ0n) is 26.0. The Bertz CT molecular complexity index is 1340. The molecule has 7 heteroatoms. The van der Waals surface area contributed by atoms with Crippen LogP contribution in [0.5, 0.6) is 0 Å². The predicted octanol–water partition coefficient (Wildman–Crippen LogP) is 6.40. The predicted molar refractivity (Wildman–Crippen MR) is 168 cm³/mol. The fraction of sp³-hybridized carbons (Fsp3) is 0.486. The van der Waals surface area contributed by atoms with Crippen molar-refractivity contribution in [1.82, 2.24) is 0 Å². The number of hydrogen-bond donors (Lipinski definition) is 1. The van der Waals surface area contributed by atoms with Crippen LogP contribution in [0, 0.1) is 0 Å². The molecule has 2 heterocycles. The maximum absolute atomic E-state index is 12.4. The zero-order valence-corrected chi connectivity index (χ0v) is 26.0. The second-order valence-electron chi connectivity index (χ2n) is 12.0. The van der Waals surface area contributed by atoms with Gasteiger partial charge in [0.1, 0.15) is 0 Å². The van der Waals surface area contributed by atoms with E-state index in [-0.39, 0.29) is 17.4 Å². The molecule has 2 aliphatic heterocycles.